The predicted octanol–water partition coefficient (Wildman–Crippen LogP) is 1.63. The Bertz CT molecular complexity index is 303. The van der Waals surface area contributed by atoms with E-state index in [1.807, 2.05) is 7.11 Å². The van der Waals surface area contributed by atoms with E-state index in [2.05, 4.69) is 5.32 Å². The highest BCUT2D eigenvalue weighted by Gasteiger charge is 2.27. The van der Waals surface area contributed by atoms with Crippen LogP contribution in [0, 0.1) is 0 Å². The fourth-order valence-corrected chi connectivity index (χ4v) is 2.96. The van der Waals surface area contributed by atoms with Gasteiger partial charge in [-0.1, -0.05) is 25.7 Å². The molecule has 2 unspecified atom stereocenters. The van der Waals surface area contributed by atoms with Crippen molar-refractivity contribution in [3.63, 3.8) is 0 Å². The number of carbonyl (C=O) groups is 2. The van der Waals surface area contributed by atoms with Crippen LogP contribution in [-0.4, -0.2) is 47.4 Å². The summed E-state index contributed by atoms with van der Waals surface area (Å²) in [4.78, 5) is 18.2. The minimum Gasteiger partial charge on any atom is -0.473 e. The van der Waals surface area contributed by atoms with Gasteiger partial charge in [0.05, 0.1) is 6.10 Å². The van der Waals surface area contributed by atoms with E-state index in [0.717, 1.165) is 6.04 Å². The quantitative estimate of drug-likeness (QED) is 0.683. The summed E-state index contributed by atoms with van der Waals surface area (Å²) >= 11 is 0. The number of nitrogens with one attached hydrogen (secondary N) is 1. The molecule has 116 valence electrons. The van der Waals surface area contributed by atoms with E-state index in [1.54, 1.807) is 0 Å². The van der Waals surface area contributed by atoms with E-state index in [-0.39, 0.29) is 0 Å². The first-order valence-corrected chi connectivity index (χ1v) is 7.29. The number of carboxylic acid groups (broad SMARTS) is 2. The lowest BCUT2D eigenvalue weighted by Gasteiger charge is -2.33. The van der Waals surface area contributed by atoms with E-state index in [4.69, 9.17) is 24.5 Å². The molecule has 0 spiro atoms. The number of rotatable bonds is 3. The average molecular weight is 287 g/mol. The number of aliphatic carboxylic acids is 2. The molecule has 0 aromatic rings. The van der Waals surface area contributed by atoms with Crippen LogP contribution in [0.25, 0.3) is 0 Å². The van der Waals surface area contributed by atoms with Gasteiger partial charge in [-0.2, -0.15) is 0 Å². The van der Waals surface area contributed by atoms with Gasteiger partial charge in [-0.05, 0) is 25.7 Å². The third-order valence-corrected chi connectivity index (χ3v) is 3.99. The topological polar surface area (TPSA) is 95.9 Å². The molecular weight excluding hydrogens is 262 g/mol. The lowest BCUT2D eigenvalue weighted by atomic mass is 9.91. The zero-order chi connectivity index (χ0) is 15.0. The number of hydrogen-bond acceptors (Lipinski definition) is 4. The average Bonchev–Trinajstić information content (AvgIpc) is 2.93. The highest BCUT2D eigenvalue weighted by Crippen LogP contribution is 2.24. The van der Waals surface area contributed by atoms with Crippen molar-refractivity contribution in [2.24, 2.45) is 0 Å². The maximum atomic E-state index is 9.10. The van der Waals surface area contributed by atoms with Crippen molar-refractivity contribution in [1.29, 1.82) is 0 Å². The molecule has 0 heterocycles. The molecular formula is C14H25NO5. The van der Waals surface area contributed by atoms with Gasteiger partial charge in [0.2, 0.25) is 0 Å². The Morgan fingerprint density at radius 2 is 1.45 bits per heavy atom. The highest BCUT2D eigenvalue weighted by molar-refractivity contribution is 6.27. The Morgan fingerprint density at radius 1 is 0.950 bits per heavy atom. The van der Waals surface area contributed by atoms with Crippen molar-refractivity contribution in [1.82, 2.24) is 5.32 Å². The van der Waals surface area contributed by atoms with Crippen LogP contribution in [0.5, 0.6) is 0 Å². The molecule has 2 aliphatic rings. The second kappa shape index (κ2) is 8.92. The lowest BCUT2D eigenvalue weighted by Crippen LogP contribution is -2.46. The summed E-state index contributed by atoms with van der Waals surface area (Å²) in [6, 6.07) is 1.42. The Labute approximate surface area is 119 Å². The normalized spacial score (nSPS) is 26.6. The van der Waals surface area contributed by atoms with Crippen molar-refractivity contribution in [3.8, 4) is 0 Å². The van der Waals surface area contributed by atoms with E-state index in [0.29, 0.717) is 12.1 Å². The summed E-state index contributed by atoms with van der Waals surface area (Å²) in [6.07, 6.45) is 11.4. The second-order valence-corrected chi connectivity index (χ2v) is 5.42. The molecule has 2 aliphatic carbocycles. The monoisotopic (exact) mass is 287 g/mol. The number of hydrogen-bond donors (Lipinski definition) is 3. The third kappa shape index (κ3) is 5.88. The fraction of sp³-hybridized carbons (Fsp3) is 0.857. The molecule has 0 aromatic carbocycles. The van der Waals surface area contributed by atoms with Crippen molar-refractivity contribution in [2.75, 3.05) is 7.11 Å². The Kier molecular flexibility index (Phi) is 7.54. The smallest absolute Gasteiger partial charge is 0.414 e. The lowest BCUT2D eigenvalue weighted by molar-refractivity contribution is -0.159. The maximum Gasteiger partial charge on any atom is 0.414 e. The molecule has 0 radical (unpaired) electrons. The van der Waals surface area contributed by atoms with Crippen molar-refractivity contribution < 1.29 is 24.5 Å². The molecule has 6 nitrogen and oxygen atoms in total. The van der Waals surface area contributed by atoms with Gasteiger partial charge in [-0.25, -0.2) is 9.59 Å². The highest BCUT2D eigenvalue weighted by atomic mass is 16.5. The number of carboxylic acids is 2. The number of ether oxygens (including phenoxy) is 1. The minimum absolute atomic E-state index is 0.476. The van der Waals surface area contributed by atoms with Crippen LogP contribution in [0.15, 0.2) is 0 Å². The van der Waals surface area contributed by atoms with Crippen LogP contribution in [0.1, 0.15) is 51.4 Å². The van der Waals surface area contributed by atoms with Crippen molar-refractivity contribution >= 4 is 11.9 Å². The van der Waals surface area contributed by atoms with E-state index in [1.165, 1.54) is 51.4 Å². The van der Waals surface area contributed by atoms with Gasteiger partial charge in [-0.3, -0.25) is 0 Å². The van der Waals surface area contributed by atoms with E-state index >= 15 is 0 Å². The Hall–Kier alpha value is -1.14. The van der Waals surface area contributed by atoms with Gasteiger partial charge in [0, 0.05) is 19.2 Å². The summed E-state index contributed by atoms with van der Waals surface area (Å²) < 4.78 is 5.55. The molecule has 0 amide bonds. The molecule has 2 fully saturated rings. The molecule has 0 bridgehead atoms. The van der Waals surface area contributed by atoms with Gasteiger partial charge >= 0.3 is 11.9 Å². The molecule has 3 N–H and O–H groups in total. The van der Waals surface area contributed by atoms with E-state index < -0.39 is 11.9 Å². The predicted molar refractivity (Wildman–Crippen MR) is 73.7 cm³/mol. The third-order valence-electron chi connectivity index (χ3n) is 3.99. The van der Waals surface area contributed by atoms with Crippen LogP contribution >= 0.6 is 0 Å². The maximum absolute atomic E-state index is 9.10. The summed E-state index contributed by atoms with van der Waals surface area (Å²) in [5.74, 6) is -3.65. The minimum atomic E-state index is -1.82. The molecule has 0 saturated heterocycles. The molecule has 2 atom stereocenters. The number of methoxy groups -OCH3 is 1. The van der Waals surface area contributed by atoms with Crippen molar-refractivity contribution in [3.05, 3.63) is 0 Å². The SMILES string of the molecule is COC1CCCCC1NC1CCCC1.O=C(O)C(=O)O. The molecule has 0 aliphatic heterocycles. The zero-order valence-corrected chi connectivity index (χ0v) is 12.0. The van der Waals surface area contributed by atoms with Crippen LogP contribution in [0.3, 0.4) is 0 Å². The van der Waals surface area contributed by atoms with Gasteiger partial charge < -0.3 is 20.3 Å². The van der Waals surface area contributed by atoms with Crippen LogP contribution in [0.4, 0.5) is 0 Å². The van der Waals surface area contributed by atoms with Crippen LogP contribution in [0.2, 0.25) is 0 Å². The largest absolute Gasteiger partial charge is 0.473 e. The van der Waals surface area contributed by atoms with Gasteiger partial charge in [0.25, 0.3) is 0 Å². The Morgan fingerprint density at radius 3 is 1.95 bits per heavy atom. The fourth-order valence-electron chi connectivity index (χ4n) is 2.96. The summed E-state index contributed by atoms with van der Waals surface area (Å²) in [7, 11) is 1.86. The summed E-state index contributed by atoms with van der Waals surface area (Å²) in [5, 5.41) is 18.6. The first-order chi connectivity index (χ1) is 9.54. The molecule has 0 aromatic heterocycles. The standard InChI is InChI=1S/C12H23NO.C2H2O4/c1-14-12-9-5-4-8-11(12)13-10-6-2-3-7-10;3-1(4)2(5)6/h10-13H,2-9H2,1H3;(H,3,4)(H,5,6). The first kappa shape index (κ1) is 16.9. The van der Waals surface area contributed by atoms with E-state index in [9.17, 15) is 0 Å². The first-order valence-electron chi connectivity index (χ1n) is 7.29. The molecule has 20 heavy (non-hydrogen) atoms. The van der Waals surface area contributed by atoms with Gasteiger partial charge in [0.15, 0.2) is 0 Å². The second-order valence-electron chi connectivity index (χ2n) is 5.42. The zero-order valence-electron chi connectivity index (χ0n) is 12.0. The summed E-state index contributed by atoms with van der Waals surface area (Å²) in [5.41, 5.74) is 0. The van der Waals surface area contributed by atoms with Crippen LogP contribution < -0.4 is 5.32 Å². The van der Waals surface area contributed by atoms with Crippen LogP contribution in [-0.2, 0) is 14.3 Å². The van der Waals surface area contributed by atoms with Gasteiger partial charge in [0.1, 0.15) is 0 Å². The molecule has 2 rings (SSSR count). The Balaban J connectivity index is 0.000000286. The molecule has 2 saturated carbocycles. The molecule has 6 heteroatoms. The van der Waals surface area contributed by atoms with Gasteiger partial charge in [-0.15, -0.1) is 0 Å². The summed E-state index contributed by atoms with van der Waals surface area (Å²) in [6.45, 7) is 0. The van der Waals surface area contributed by atoms with Crippen molar-refractivity contribution in [2.45, 2.75) is 69.6 Å².